The highest BCUT2D eigenvalue weighted by Crippen LogP contribution is 2.28. The topological polar surface area (TPSA) is 49.3 Å². The average molecular weight is 326 g/mol. The van der Waals surface area contributed by atoms with Crippen LogP contribution in [0.2, 0.25) is 0 Å². The zero-order chi connectivity index (χ0) is 13.9. The summed E-state index contributed by atoms with van der Waals surface area (Å²) < 4.78 is 0.933. The molecule has 2 rings (SSSR count). The van der Waals surface area contributed by atoms with Crippen molar-refractivity contribution in [2.75, 3.05) is 0 Å². The molecule has 1 aromatic rings. The smallest absolute Gasteiger partial charge is 0.253 e. The van der Waals surface area contributed by atoms with Crippen molar-refractivity contribution in [3.63, 3.8) is 0 Å². The molecule has 4 heteroatoms. The minimum absolute atomic E-state index is 0.161. The molecular weight excluding hydrogens is 306 g/mol. The van der Waals surface area contributed by atoms with Crippen LogP contribution in [0.25, 0.3) is 0 Å². The van der Waals surface area contributed by atoms with Gasteiger partial charge in [-0.25, -0.2) is 0 Å². The Labute approximate surface area is 122 Å². The van der Waals surface area contributed by atoms with Gasteiger partial charge >= 0.3 is 0 Å². The van der Waals surface area contributed by atoms with E-state index in [0.717, 1.165) is 30.2 Å². The lowest BCUT2D eigenvalue weighted by Crippen LogP contribution is -2.48. The van der Waals surface area contributed by atoms with E-state index in [2.05, 4.69) is 28.2 Å². The Kier molecular flexibility index (Phi) is 4.63. The second kappa shape index (κ2) is 6.06. The summed E-state index contributed by atoms with van der Waals surface area (Å²) >= 11 is 3.34. The molecule has 1 saturated carbocycles. The van der Waals surface area contributed by atoms with E-state index in [1.165, 1.54) is 6.42 Å². The van der Waals surface area contributed by atoms with Gasteiger partial charge in [-0.2, -0.15) is 0 Å². The van der Waals surface area contributed by atoms with Crippen LogP contribution in [0.1, 0.15) is 50.7 Å². The summed E-state index contributed by atoms with van der Waals surface area (Å²) in [5.74, 6) is -0.299. The third-order valence-corrected chi connectivity index (χ3v) is 4.34. The first-order valence-corrected chi connectivity index (χ1v) is 7.55. The molecule has 0 bridgehead atoms. The first-order chi connectivity index (χ1) is 9.00. The molecule has 1 amide bonds. The highest BCUT2D eigenvalue weighted by atomic mass is 79.9. The highest BCUT2D eigenvalue weighted by Gasteiger charge is 2.30. The van der Waals surface area contributed by atoms with Gasteiger partial charge in [0.1, 0.15) is 0 Å². The molecular formula is C15H20BrNO2. The van der Waals surface area contributed by atoms with Crippen molar-refractivity contribution < 1.29 is 9.90 Å². The first-order valence-electron chi connectivity index (χ1n) is 6.76. The fourth-order valence-electron chi connectivity index (χ4n) is 2.62. The summed E-state index contributed by atoms with van der Waals surface area (Å²) in [6.45, 7) is 2.07. The molecule has 0 aromatic heterocycles. The molecule has 2 N–H and O–H groups in total. The minimum Gasteiger partial charge on any atom is -0.378 e. The maximum Gasteiger partial charge on any atom is 0.253 e. The van der Waals surface area contributed by atoms with Gasteiger partial charge in [0.25, 0.3) is 5.91 Å². The third kappa shape index (κ3) is 3.80. The number of halogens is 1. The second-order valence-corrected chi connectivity index (χ2v) is 6.48. The predicted molar refractivity (Wildman–Crippen MR) is 78.7 cm³/mol. The van der Waals surface area contributed by atoms with Crippen molar-refractivity contribution in [3.8, 4) is 0 Å². The third-order valence-electron chi connectivity index (χ3n) is 3.82. The number of hydrogen-bond acceptors (Lipinski definition) is 2. The quantitative estimate of drug-likeness (QED) is 0.895. The van der Waals surface area contributed by atoms with Crippen LogP contribution in [0.5, 0.6) is 0 Å². The summed E-state index contributed by atoms with van der Waals surface area (Å²) in [4.78, 5) is 12.1. The minimum atomic E-state index is -1.09. The van der Waals surface area contributed by atoms with Gasteiger partial charge in [0.05, 0.1) is 0 Å². The number of amides is 1. The fraction of sp³-hybridized carbons (Fsp3) is 0.533. The Morgan fingerprint density at radius 2 is 1.84 bits per heavy atom. The largest absolute Gasteiger partial charge is 0.378 e. The van der Waals surface area contributed by atoms with Crippen molar-refractivity contribution in [3.05, 3.63) is 34.3 Å². The summed E-state index contributed by atoms with van der Waals surface area (Å²) in [7, 11) is 0. The molecule has 104 valence electrons. The zero-order valence-electron chi connectivity index (χ0n) is 11.2. The maximum absolute atomic E-state index is 12.1. The second-order valence-electron chi connectivity index (χ2n) is 5.56. The maximum atomic E-state index is 12.1. The van der Waals surface area contributed by atoms with Crippen LogP contribution in [-0.2, 0) is 4.79 Å². The lowest BCUT2D eigenvalue weighted by Gasteiger charge is -2.35. The van der Waals surface area contributed by atoms with Crippen LogP contribution in [0, 0.1) is 0 Å². The molecule has 0 saturated heterocycles. The number of aliphatic hydroxyl groups is 1. The number of nitrogens with one attached hydrogen (secondary N) is 1. The summed E-state index contributed by atoms with van der Waals surface area (Å²) in [6, 6.07) is 7.18. The van der Waals surface area contributed by atoms with E-state index in [4.69, 9.17) is 0 Å². The molecule has 1 unspecified atom stereocenters. The normalized spacial score (nSPS) is 19.7. The first kappa shape index (κ1) is 14.5. The van der Waals surface area contributed by atoms with Gasteiger partial charge < -0.3 is 10.4 Å². The lowest BCUT2D eigenvalue weighted by molar-refractivity contribution is -0.131. The predicted octanol–water partition coefficient (Wildman–Crippen LogP) is 3.32. The molecule has 1 aliphatic carbocycles. The van der Waals surface area contributed by atoms with Crippen molar-refractivity contribution >= 4 is 21.8 Å². The van der Waals surface area contributed by atoms with E-state index < -0.39 is 6.10 Å². The van der Waals surface area contributed by atoms with Gasteiger partial charge in [0.2, 0.25) is 0 Å². The molecule has 1 atom stereocenters. The number of aliphatic hydroxyl groups excluding tert-OH is 1. The standard InChI is InChI=1S/C15H20BrNO2/c1-15(9-3-2-4-10-15)17-14(19)13(18)11-5-7-12(16)8-6-11/h5-8,13,18H,2-4,9-10H2,1H3,(H,17,19). The molecule has 0 spiro atoms. The van der Waals surface area contributed by atoms with E-state index >= 15 is 0 Å². The van der Waals surface area contributed by atoms with Gasteiger partial charge in [-0.3, -0.25) is 4.79 Å². The van der Waals surface area contributed by atoms with Crippen LogP contribution in [0.3, 0.4) is 0 Å². The van der Waals surface area contributed by atoms with Crippen LogP contribution in [-0.4, -0.2) is 16.6 Å². The van der Waals surface area contributed by atoms with E-state index in [9.17, 15) is 9.90 Å². The SMILES string of the molecule is CC1(NC(=O)C(O)c2ccc(Br)cc2)CCCCC1. The Bertz CT molecular complexity index is 438. The Balaban J connectivity index is 2.00. The van der Waals surface area contributed by atoms with E-state index in [0.29, 0.717) is 5.56 Å². The summed E-state index contributed by atoms with van der Waals surface area (Å²) in [5.41, 5.74) is 0.464. The van der Waals surface area contributed by atoms with Crippen LogP contribution < -0.4 is 5.32 Å². The molecule has 0 heterocycles. The van der Waals surface area contributed by atoms with Gasteiger partial charge in [-0.1, -0.05) is 47.3 Å². The average Bonchev–Trinajstić information content (AvgIpc) is 2.39. The molecule has 0 radical (unpaired) electrons. The molecule has 3 nitrogen and oxygen atoms in total. The van der Waals surface area contributed by atoms with Crippen molar-refractivity contribution in [2.45, 2.75) is 50.7 Å². The summed E-state index contributed by atoms with van der Waals surface area (Å²) in [5, 5.41) is 13.1. The van der Waals surface area contributed by atoms with Gasteiger partial charge in [-0.05, 0) is 37.5 Å². The number of rotatable bonds is 3. The van der Waals surface area contributed by atoms with Crippen molar-refractivity contribution in [1.82, 2.24) is 5.32 Å². The van der Waals surface area contributed by atoms with E-state index in [-0.39, 0.29) is 11.4 Å². The molecule has 19 heavy (non-hydrogen) atoms. The van der Waals surface area contributed by atoms with E-state index in [1.807, 2.05) is 12.1 Å². The Morgan fingerprint density at radius 1 is 1.26 bits per heavy atom. The lowest BCUT2D eigenvalue weighted by atomic mass is 9.83. The number of carbonyl (C=O) groups is 1. The van der Waals surface area contributed by atoms with E-state index in [1.54, 1.807) is 12.1 Å². The van der Waals surface area contributed by atoms with Gasteiger partial charge in [0.15, 0.2) is 6.10 Å². The fourth-order valence-corrected chi connectivity index (χ4v) is 2.88. The molecule has 1 fully saturated rings. The summed E-state index contributed by atoms with van der Waals surface area (Å²) in [6.07, 6.45) is 4.42. The van der Waals surface area contributed by atoms with Crippen LogP contribution in [0.15, 0.2) is 28.7 Å². The molecule has 1 aliphatic rings. The molecule has 1 aromatic carbocycles. The Hall–Kier alpha value is -0.870. The van der Waals surface area contributed by atoms with Crippen molar-refractivity contribution in [2.24, 2.45) is 0 Å². The van der Waals surface area contributed by atoms with Crippen LogP contribution >= 0.6 is 15.9 Å². The van der Waals surface area contributed by atoms with Gasteiger partial charge in [-0.15, -0.1) is 0 Å². The van der Waals surface area contributed by atoms with Gasteiger partial charge in [0, 0.05) is 10.0 Å². The number of benzene rings is 1. The number of hydrogen-bond donors (Lipinski definition) is 2. The monoisotopic (exact) mass is 325 g/mol. The Morgan fingerprint density at radius 3 is 2.42 bits per heavy atom. The zero-order valence-corrected chi connectivity index (χ0v) is 12.7. The van der Waals surface area contributed by atoms with Crippen LogP contribution in [0.4, 0.5) is 0 Å². The highest BCUT2D eigenvalue weighted by molar-refractivity contribution is 9.10. The number of carbonyl (C=O) groups excluding carboxylic acids is 1. The van der Waals surface area contributed by atoms with Crippen molar-refractivity contribution in [1.29, 1.82) is 0 Å². The molecule has 0 aliphatic heterocycles.